The van der Waals surface area contributed by atoms with E-state index in [1.54, 1.807) is 6.92 Å². The van der Waals surface area contributed by atoms with Crippen LogP contribution in [-0.4, -0.2) is 30.3 Å². The average Bonchev–Trinajstić information content (AvgIpc) is 2.35. The summed E-state index contributed by atoms with van der Waals surface area (Å²) in [6.07, 6.45) is 0.531. The third-order valence-electron chi connectivity index (χ3n) is 2.49. The van der Waals surface area contributed by atoms with Gasteiger partial charge in [0.2, 0.25) is 5.91 Å². The van der Waals surface area contributed by atoms with Crippen molar-refractivity contribution in [2.45, 2.75) is 32.8 Å². The fourth-order valence-corrected chi connectivity index (χ4v) is 1.60. The third-order valence-corrected chi connectivity index (χ3v) is 2.49. The molecule has 0 aliphatic heterocycles. The van der Waals surface area contributed by atoms with Crippen molar-refractivity contribution >= 4 is 5.91 Å². The van der Waals surface area contributed by atoms with Gasteiger partial charge in [-0.2, -0.15) is 0 Å². The van der Waals surface area contributed by atoms with Crippen LogP contribution in [0, 0.1) is 0 Å². The van der Waals surface area contributed by atoms with Gasteiger partial charge in [-0.1, -0.05) is 18.2 Å². The normalized spacial score (nSPS) is 11.9. The molecule has 0 aromatic heterocycles. The van der Waals surface area contributed by atoms with Crippen molar-refractivity contribution in [2.24, 2.45) is 0 Å². The highest BCUT2D eigenvalue weighted by molar-refractivity contribution is 5.76. The van der Waals surface area contributed by atoms with Crippen LogP contribution in [0.15, 0.2) is 24.3 Å². The zero-order valence-corrected chi connectivity index (χ0v) is 11.0. The van der Waals surface area contributed by atoms with E-state index in [4.69, 9.17) is 9.84 Å². The Kier molecular flexibility index (Phi) is 6.22. The first-order valence-electron chi connectivity index (χ1n) is 6.29. The van der Waals surface area contributed by atoms with Crippen molar-refractivity contribution in [1.29, 1.82) is 0 Å². The van der Waals surface area contributed by atoms with E-state index in [0.717, 1.165) is 11.3 Å². The molecule has 0 saturated carbocycles. The molecular weight excluding hydrogens is 230 g/mol. The lowest BCUT2D eigenvalue weighted by Gasteiger charge is -2.10. The van der Waals surface area contributed by atoms with Crippen LogP contribution in [0.25, 0.3) is 0 Å². The number of ether oxygens (including phenoxy) is 1. The first-order chi connectivity index (χ1) is 8.63. The topological polar surface area (TPSA) is 58.6 Å². The van der Waals surface area contributed by atoms with E-state index in [9.17, 15) is 4.79 Å². The molecule has 1 aromatic rings. The number of rotatable bonds is 7. The van der Waals surface area contributed by atoms with Gasteiger partial charge >= 0.3 is 0 Å². The van der Waals surface area contributed by atoms with Crippen molar-refractivity contribution < 1.29 is 14.6 Å². The second kappa shape index (κ2) is 7.71. The molecule has 0 saturated heterocycles. The zero-order valence-electron chi connectivity index (χ0n) is 11.0. The summed E-state index contributed by atoms with van der Waals surface area (Å²) in [7, 11) is 0. The summed E-state index contributed by atoms with van der Waals surface area (Å²) in [5.74, 6) is 0.783. The SMILES string of the molecule is CCOc1ccccc1CCC(=O)NC[C@@H](C)O. The van der Waals surface area contributed by atoms with Crippen LogP contribution in [0.1, 0.15) is 25.8 Å². The van der Waals surface area contributed by atoms with Gasteiger partial charge in [0.25, 0.3) is 0 Å². The molecule has 0 aliphatic rings. The zero-order chi connectivity index (χ0) is 13.4. The van der Waals surface area contributed by atoms with Gasteiger partial charge in [0.15, 0.2) is 0 Å². The highest BCUT2D eigenvalue weighted by Crippen LogP contribution is 2.19. The molecule has 18 heavy (non-hydrogen) atoms. The lowest BCUT2D eigenvalue weighted by atomic mass is 10.1. The number of nitrogens with one attached hydrogen (secondary N) is 1. The Labute approximate surface area is 108 Å². The molecule has 0 heterocycles. The molecule has 1 atom stereocenters. The number of aliphatic hydroxyl groups excluding tert-OH is 1. The molecule has 4 nitrogen and oxygen atoms in total. The van der Waals surface area contributed by atoms with E-state index in [1.807, 2.05) is 31.2 Å². The first kappa shape index (κ1) is 14.5. The molecule has 1 amide bonds. The van der Waals surface area contributed by atoms with E-state index in [2.05, 4.69) is 5.32 Å². The monoisotopic (exact) mass is 251 g/mol. The number of benzene rings is 1. The molecule has 100 valence electrons. The smallest absolute Gasteiger partial charge is 0.220 e. The summed E-state index contributed by atoms with van der Waals surface area (Å²) in [5.41, 5.74) is 1.03. The minimum atomic E-state index is -0.510. The van der Waals surface area contributed by atoms with Crippen LogP contribution in [0.2, 0.25) is 0 Å². The largest absolute Gasteiger partial charge is 0.494 e. The Morgan fingerprint density at radius 2 is 2.17 bits per heavy atom. The number of hydrogen-bond acceptors (Lipinski definition) is 3. The number of carbonyl (C=O) groups is 1. The van der Waals surface area contributed by atoms with Crippen molar-refractivity contribution in [3.8, 4) is 5.75 Å². The lowest BCUT2D eigenvalue weighted by molar-refractivity contribution is -0.121. The van der Waals surface area contributed by atoms with E-state index >= 15 is 0 Å². The molecule has 0 unspecified atom stereocenters. The average molecular weight is 251 g/mol. The highest BCUT2D eigenvalue weighted by atomic mass is 16.5. The Hall–Kier alpha value is -1.55. The molecule has 0 aliphatic carbocycles. The van der Waals surface area contributed by atoms with E-state index < -0.39 is 6.10 Å². The van der Waals surface area contributed by atoms with E-state index in [1.165, 1.54) is 0 Å². The van der Waals surface area contributed by atoms with Crippen LogP contribution in [0.5, 0.6) is 5.75 Å². The van der Waals surface area contributed by atoms with Gasteiger partial charge in [0.1, 0.15) is 5.75 Å². The van der Waals surface area contributed by atoms with Crippen LogP contribution in [0.4, 0.5) is 0 Å². The van der Waals surface area contributed by atoms with Crippen LogP contribution in [0.3, 0.4) is 0 Å². The molecule has 1 rings (SSSR count). The van der Waals surface area contributed by atoms with Gasteiger partial charge in [0, 0.05) is 13.0 Å². The number of aliphatic hydroxyl groups is 1. The van der Waals surface area contributed by atoms with Crippen molar-refractivity contribution in [2.75, 3.05) is 13.2 Å². The fraction of sp³-hybridized carbons (Fsp3) is 0.500. The standard InChI is InChI=1S/C14H21NO3/c1-3-18-13-7-5-4-6-12(13)8-9-14(17)15-10-11(2)16/h4-7,11,16H,3,8-10H2,1-2H3,(H,15,17)/t11-/m1/s1. The van der Waals surface area contributed by atoms with Crippen molar-refractivity contribution in [1.82, 2.24) is 5.32 Å². The Morgan fingerprint density at radius 1 is 1.44 bits per heavy atom. The minimum Gasteiger partial charge on any atom is -0.494 e. The van der Waals surface area contributed by atoms with Gasteiger partial charge in [0.05, 0.1) is 12.7 Å². The second-order valence-corrected chi connectivity index (χ2v) is 4.19. The predicted octanol–water partition coefficient (Wildman–Crippen LogP) is 1.51. The van der Waals surface area contributed by atoms with Gasteiger partial charge < -0.3 is 15.2 Å². The Balaban J connectivity index is 2.45. The molecule has 0 fully saturated rings. The Morgan fingerprint density at radius 3 is 2.83 bits per heavy atom. The van der Waals surface area contributed by atoms with Gasteiger partial charge in [-0.25, -0.2) is 0 Å². The summed E-state index contributed by atoms with van der Waals surface area (Å²) in [5, 5.41) is 11.7. The maximum absolute atomic E-state index is 11.5. The number of para-hydroxylation sites is 1. The molecular formula is C14H21NO3. The van der Waals surface area contributed by atoms with Gasteiger partial charge in [-0.05, 0) is 31.9 Å². The van der Waals surface area contributed by atoms with Crippen LogP contribution in [-0.2, 0) is 11.2 Å². The summed E-state index contributed by atoms with van der Waals surface area (Å²) < 4.78 is 5.50. The summed E-state index contributed by atoms with van der Waals surface area (Å²) in [6.45, 7) is 4.49. The quantitative estimate of drug-likeness (QED) is 0.772. The van der Waals surface area contributed by atoms with Crippen molar-refractivity contribution in [3.63, 3.8) is 0 Å². The number of aryl methyl sites for hydroxylation is 1. The van der Waals surface area contributed by atoms with Crippen LogP contribution < -0.4 is 10.1 Å². The number of hydrogen-bond donors (Lipinski definition) is 2. The fourth-order valence-electron chi connectivity index (χ4n) is 1.60. The summed E-state index contributed by atoms with van der Waals surface area (Å²) >= 11 is 0. The summed E-state index contributed by atoms with van der Waals surface area (Å²) in [6, 6.07) is 7.73. The molecule has 1 aromatic carbocycles. The third kappa shape index (κ3) is 5.19. The van der Waals surface area contributed by atoms with Crippen LogP contribution >= 0.6 is 0 Å². The Bertz CT molecular complexity index is 377. The van der Waals surface area contributed by atoms with E-state index in [0.29, 0.717) is 26.0 Å². The first-order valence-corrected chi connectivity index (χ1v) is 6.29. The lowest BCUT2D eigenvalue weighted by Crippen LogP contribution is -2.30. The number of amides is 1. The summed E-state index contributed by atoms with van der Waals surface area (Å²) in [4.78, 5) is 11.5. The highest BCUT2D eigenvalue weighted by Gasteiger charge is 2.07. The molecule has 0 bridgehead atoms. The van der Waals surface area contributed by atoms with E-state index in [-0.39, 0.29) is 5.91 Å². The molecule has 0 radical (unpaired) electrons. The minimum absolute atomic E-state index is 0.0535. The molecule has 0 spiro atoms. The molecule has 2 N–H and O–H groups in total. The van der Waals surface area contributed by atoms with Crippen molar-refractivity contribution in [3.05, 3.63) is 29.8 Å². The predicted molar refractivity (Wildman–Crippen MR) is 70.6 cm³/mol. The maximum Gasteiger partial charge on any atom is 0.220 e. The van der Waals surface area contributed by atoms with Gasteiger partial charge in [-0.15, -0.1) is 0 Å². The van der Waals surface area contributed by atoms with Gasteiger partial charge in [-0.3, -0.25) is 4.79 Å². The maximum atomic E-state index is 11.5. The number of carbonyl (C=O) groups excluding carboxylic acids is 1. The second-order valence-electron chi connectivity index (χ2n) is 4.19. The molecule has 4 heteroatoms.